The smallest absolute Gasteiger partial charge is 0.223 e. The quantitative estimate of drug-likeness (QED) is 0.892. The number of hydrogen-bond acceptors (Lipinski definition) is 2. The van der Waals surface area contributed by atoms with Crippen LogP contribution in [0.3, 0.4) is 0 Å². The lowest BCUT2D eigenvalue weighted by atomic mass is 9.75. The minimum Gasteiger partial charge on any atom is -0.382 e. The summed E-state index contributed by atoms with van der Waals surface area (Å²) in [6.45, 7) is 7.21. The molecule has 2 aliphatic rings. The van der Waals surface area contributed by atoms with E-state index < -0.39 is 0 Å². The average molecular weight is 286 g/mol. The predicted octanol–water partition coefficient (Wildman–Crippen LogP) is 3.98. The van der Waals surface area contributed by atoms with Crippen molar-refractivity contribution < 1.29 is 4.79 Å². The number of benzene rings is 1. The van der Waals surface area contributed by atoms with Gasteiger partial charge in [-0.3, -0.25) is 4.79 Å². The number of amides is 1. The summed E-state index contributed by atoms with van der Waals surface area (Å²) in [7, 11) is 0. The minimum absolute atomic E-state index is 0.142. The first-order chi connectivity index (χ1) is 9.94. The molecule has 1 N–H and O–H groups in total. The van der Waals surface area contributed by atoms with E-state index in [2.05, 4.69) is 37.4 Å². The molecule has 0 saturated heterocycles. The molecule has 1 aromatic carbocycles. The first-order valence-electron chi connectivity index (χ1n) is 8.12. The van der Waals surface area contributed by atoms with Crippen LogP contribution in [0.15, 0.2) is 18.2 Å². The van der Waals surface area contributed by atoms with E-state index in [1.807, 2.05) is 4.90 Å². The van der Waals surface area contributed by atoms with Gasteiger partial charge in [0, 0.05) is 30.9 Å². The number of carbonyl (C=O) groups excluding carboxylic acids is 1. The molecule has 0 aromatic heterocycles. The molecule has 1 aliphatic carbocycles. The Morgan fingerprint density at radius 2 is 2.19 bits per heavy atom. The topological polar surface area (TPSA) is 32.3 Å². The molecular weight excluding hydrogens is 260 g/mol. The Balaban J connectivity index is 1.72. The van der Waals surface area contributed by atoms with Crippen LogP contribution in [-0.2, 0) is 11.2 Å². The van der Waals surface area contributed by atoms with Crippen LogP contribution in [0.25, 0.3) is 0 Å². The number of carbonyl (C=O) groups is 1. The zero-order chi connectivity index (χ0) is 15.0. The molecule has 1 amide bonds. The van der Waals surface area contributed by atoms with Crippen LogP contribution < -0.4 is 10.2 Å². The summed E-state index contributed by atoms with van der Waals surface area (Å²) in [5.41, 5.74) is 4.06. The Kier molecular flexibility index (Phi) is 3.68. The standard InChI is InChI=1S/C18H26N2O/c1-13(21)20-10-8-14-11-15(6-7-17(14)20)19-16-5-4-9-18(2,3)12-16/h6-7,11,16,19H,4-5,8-10,12H2,1-3H3. The molecule has 0 radical (unpaired) electrons. The van der Waals surface area contributed by atoms with Crippen molar-refractivity contribution in [1.29, 1.82) is 0 Å². The molecule has 1 saturated carbocycles. The molecule has 0 spiro atoms. The lowest BCUT2D eigenvalue weighted by molar-refractivity contribution is -0.116. The lowest BCUT2D eigenvalue weighted by Crippen LogP contribution is -2.31. The van der Waals surface area contributed by atoms with Crippen LogP contribution in [0.2, 0.25) is 0 Å². The fourth-order valence-electron chi connectivity index (χ4n) is 3.88. The molecule has 114 valence electrons. The van der Waals surface area contributed by atoms with E-state index in [1.165, 1.54) is 36.9 Å². The van der Waals surface area contributed by atoms with Gasteiger partial charge in [-0.05, 0) is 54.9 Å². The van der Waals surface area contributed by atoms with E-state index in [1.54, 1.807) is 6.92 Å². The van der Waals surface area contributed by atoms with E-state index in [9.17, 15) is 4.79 Å². The summed E-state index contributed by atoms with van der Waals surface area (Å²) < 4.78 is 0. The van der Waals surface area contributed by atoms with Crippen LogP contribution >= 0.6 is 0 Å². The molecule has 3 rings (SSSR count). The third-order valence-corrected chi connectivity index (χ3v) is 4.93. The fraction of sp³-hybridized carbons (Fsp3) is 0.611. The molecule has 21 heavy (non-hydrogen) atoms. The maximum atomic E-state index is 11.6. The van der Waals surface area contributed by atoms with Gasteiger partial charge in [0.2, 0.25) is 5.91 Å². The summed E-state index contributed by atoms with van der Waals surface area (Å²) in [6, 6.07) is 7.04. The van der Waals surface area contributed by atoms with Crippen molar-refractivity contribution in [3.05, 3.63) is 23.8 Å². The van der Waals surface area contributed by atoms with E-state index in [-0.39, 0.29) is 5.91 Å². The van der Waals surface area contributed by atoms with Gasteiger partial charge in [-0.1, -0.05) is 20.3 Å². The van der Waals surface area contributed by atoms with Gasteiger partial charge in [-0.15, -0.1) is 0 Å². The van der Waals surface area contributed by atoms with Gasteiger partial charge in [-0.2, -0.15) is 0 Å². The van der Waals surface area contributed by atoms with Gasteiger partial charge in [-0.25, -0.2) is 0 Å². The Labute approximate surface area is 127 Å². The Morgan fingerprint density at radius 1 is 1.38 bits per heavy atom. The van der Waals surface area contributed by atoms with Crippen molar-refractivity contribution in [2.75, 3.05) is 16.8 Å². The van der Waals surface area contributed by atoms with Crippen molar-refractivity contribution >= 4 is 17.3 Å². The first kappa shape index (κ1) is 14.4. The van der Waals surface area contributed by atoms with E-state index in [0.29, 0.717) is 11.5 Å². The Hall–Kier alpha value is -1.51. The molecule has 0 bridgehead atoms. The monoisotopic (exact) mass is 286 g/mol. The third kappa shape index (κ3) is 3.07. The molecule has 1 unspecified atom stereocenters. The highest BCUT2D eigenvalue weighted by molar-refractivity contribution is 5.94. The maximum absolute atomic E-state index is 11.6. The van der Waals surface area contributed by atoms with Gasteiger partial charge >= 0.3 is 0 Å². The average Bonchev–Trinajstić information content (AvgIpc) is 2.80. The van der Waals surface area contributed by atoms with Gasteiger partial charge in [0.25, 0.3) is 0 Å². The Bertz CT molecular complexity index is 550. The van der Waals surface area contributed by atoms with Crippen molar-refractivity contribution in [2.24, 2.45) is 5.41 Å². The van der Waals surface area contributed by atoms with E-state index in [0.717, 1.165) is 18.7 Å². The number of anilines is 2. The molecule has 1 atom stereocenters. The molecule has 3 heteroatoms. The van der Waals surface area contributed by atoms with Gasteiger partial charge in [0.05, 0.1) is 0 Å². The normalized spacial score (nSPS) is 23.8. The summed E-state index contributed by atoms with van der Waals surface area (Å²) in [5, 5.41) is 3.71. The highest BCUT2D eigenvalue weighted by Gasteiger charge is 2.28. The van der Waals surface area contributed by atoms with Crippen molar-refractivity contribution in [1.82, 2.24) is 0 Å². The highest BCUT2D eigenvalue weighted by atomic mass is 16.2. The minimum atomic E-state index is 0.142. The maximum Gasteiger partial charge on any atom is 0.223 e. The van der Waals surface area contributed by atoms with Gasteiger partial charge < -0.3 is 10.2 Å². The molecule has 1 fully saturated rings. The zero-order valence-electron chi connectivity index (χ0n) is 13.4. The second-order valence-corrected chi connectivity index (χ2v) is 7.37. The molecular formula is C18H26N2O. The number of nitrogens with zero attached hydrogens (tertiary/aromatic N) is 1. The van der Waals surface area contributed by atoms with Crippen molar-refractivity contribution in [2.45, 2.75) is 58.9 Å². The van der Waals surface area contributed by atoms with Crippen LogP contribution in [0.5, 0.6) is 0 Å². The van der Waals surface area contributed by atoms with Crippen LogP contribution in [-0.4, -0.2) is 18.5 Å². The van der Waals surface area contributed by atoms with E-state index in [4.69, 9.17) is 0 Å². The lowest BCUT2D eigenvalue weighted by Gasteiger charge is -2.36. The number of hydrogen-bond donors (Lipinski definition) is 1. The molecule has 3 nitrogen and oxygen atoms in total. The second-order valence-electron chi connectivity index (χ2n) is 7.37. The third-order valence-electron chi connectivity index (χ3n) is 4.93. The van der Waals surface area contributed by atoms with Crippen molar-refractivity contribution in [3.8, 4) is 0 Å². The van der Waals surface area contributed by atoms with Gasteiger partial charge in [0.1, 0.15) is 0 Å². The van der Waals surface area contributed by atoms with Crippen LogP contribution in [0.1, 0.15) is 52.0 Å². The second kappa shape index (κ2) is 5.36. The van der Waals surface area contributed by atoms with Gasteiger partial charge in [0.15, 0.2) is 0 Å². The van der Waals surface area contributed by atoms with Crippen LogP contribution in [0.4, 0.5) is 11.4 Å². The number of nitrogens with one attached hydrogen (secondary N) is 1. The summed E-state index contributed by atoms with van der Waals surface area (Å²) in [5.74, 6) is 0.142. The zero-order valence-corrected chi connectivity index (χ0v) is 13.4. The van der Waals surface area contributed by atoms with Crippen LogP contribution in [0, 0.1) is 5.41 Å². The molecule has 1 aliphatic heterocycles. The summed E-state index contributed by atoms with van der Waals surface area (Å²) >= 11 is 0. The highest BCUT2D eigenvalue weighted by Crippen LogP contribution is 2.37. The largest absolute Gasteiger partial charge is 0.382 e. The summed E-state index contributed by atoms with van der Waals surface area (Å²) in [4.78, 5) is 13.5. The fourth-order valence-corrected chi connectivity index (χ4v) is 3.88. The first-order valence-corrected chi connectivity index (χ1v) is 8.12. The SMILES string of the molecule is CC(=O)N1CCc2cc(NC3CCCC(C)(C)C3)ccc21. The summed E-state index contributed by atoms with van der Waals surface area (Å²) in [6.07, 6.45) is 6.13. The Morgan fingerprint density at radius 3 is 2.90 bits per heavy atom. The van der Waals surface area contributed by atoms with Crippen molar-refractivity contribution in [3.63, 3.8) is 0 Å². The molecule has 1 heterocycles. The predicted molar refractivity (Wildman–Crippen MR) is 87.8 cm³/mol. The molecule has 1 aromatic rings. The van der Waals surface area contributed by atoms with E-state index >= 15 is 0 Å². The number of fused-ring (bicyclic) bond motifs is 1. The number of rotatable bonds is 2.